The number of nitrogens with zero attached hydrogens (tertiary/aromatic N) is 1. The first-order valence-electron chi connectivity index (χ1n) is 6.18. The van der Waals surface area contributed by atoms with Crippen LogP contribution in [0.1, 0.15) is 12.5 Å². The second kappa shape index (κ2) is 7.06. The molecule has 0 N–H and O–H groups in total. The van der Waals surface area contributed by atoms with Crippen LogP contribution in [0.4, 0.5) is 0 Å². The molecule has 1 aliphatic rings. The fraction of sp³-hybridized carbons (Fsp3) is 0.214. The zero-order valence-electron chi connectivity index (χ0n) is 11.2. The molecule has 7 heteroatoms. The Hall–Kier alpha value is -1.37. The smallest absolute Gasteiger partial charge is 0.332 e. The molecule has 1 aromatic carbocycles. The Kier molecular flexibility index (Phi) is 5.39. The maximum Gasteiger partial charge on any atom is 0.332 e. The zero-order valence-corrected chi connectivity index (χ0v) is 13.6. The van der Waals surface area contributed by atoms with Gasteiger partial charge >= 0.3 is 5.97 Å². The molecule has 110 valence electrons. The van der Waals surface area contributed by atoms with E-state index in [1.54, 1.807) is 13.0 Å². The van der Waals surface area contributed by atoms with E-state index in [9.17, 15) is 9.59 Å². The van der Waals surface area contributed by atoms with Crippen LogP contribution in [0.5, 0.6) is 0 Å². The van der Waals surface area contributed by atoms with Crippen LogP contribution in [0.25, 0.3) is 0 Å². The van der Waals surface area contributed by atoms with E-state index in [4.69, 9.17) is 28.6 Å². The molecule has 2 rings (SSSR count). The summed E-state index contributed by atoms with van der Waals surface area (Å²) >= 11 is 12.4. The summed E-state index contributed by atoms with van der Waals surface area (Å²) in [7, 11) is 0. The van der Waals surface area contributed by atoms with Crippen LogP contribution in [0, 0.1) is 0 Å². The van der Waals surface area contributed by atoms with E-state index in [1.165, 1.54) is 11.0 Å². The average molecular weight is 342 g/mol. The molecule has 0 saturated carbocycles. The lowest BCUT2D eigenvalue weighted by molar-refractivity contribution is -0.137. The molecule has 1 aromatic rings. The molecule has 21 heavy (non-hydrogen) atoms. The summed E-state index contributed by atoms with van der Waals surface area (Å²) < 4.78 is 5.19. The average Bonchev–Trinajstić information content (AvgIpc) is 2.69. The monoisotopic (exact) mass is 341 g/mol. The van der Waals surface area contributed by atoms with Gasteiger partial charge < -0.3 is 4.74 Å². The van der Waals surface area contributed by atoms with Gasteiger partial charge in [-0.2, -0.15) is 0 Å². The van der Waals surface area contributed by atoms with Gasteiger partial charge in [0.15, 0.2) is 0 Å². The predicted molar refractivity (Wildman–Crippen MR) is 86.9 cm³/mol. The van der Waals surface area contributed by atoms with Gasteiger partial charge in [0.2, 0.25) is 0 Å². The van der Waals surface area contributed by atoms with Crippen molar-refractivity contribution in [3.63, 3.8) is 0 Å². The van der Waals surface area contributed by atoms with Crippen LogP contribution in [0.15, 0.2) is 35.2 Å². The molecular formula is C14H12ClNO3S2. The van der Waals surface area contributed by atoms with Gasteiger partial charge in [-0.3, -0.25) is 9.69 Å². The van der Waals surface area contributed by atoms with Crippen molar-refractivity contribution in [2.24, 2.45) is 0 Å². The summed E-state index contributed by atoms with van der Waals surface area (Å²) in [6.45, 7) is 2.24. The summed E-state index contributed by atoms with van der Waals surface area (Å²) in [5.41, 5.74) is 0.799. The number of benzene rings is 1. The third-order valence-corrected chi connectivity index (χ3v) is 4.44. The molecule has 1 fully saturated rings. The van der Waals surface area contributed by atoms with Crippen LogP contribution in [0.3, 0.4) is 0 Å². The number of thioether (sulfide) groups is 1. The van der Waals surface area contributed by atoms with Crippen LogP contribution in [-0.4, -0.2) is 27.7 Å². The Balaban J connectivity index is 2.16. The van der Waals surface area contributed by atoms with Crippen molar-refractivity contribution in [1.29, 1.82) is 0 Å². The highest BCUT2D eigenvalue weighted by Gasteiger charge is 2.33. The molecule has 1 aliphatic heterocycles. The number of esters is 1. The highest BCUT2D eigenvalue weighted by molar-refractivity contribution is 8.26. The lowest BCUT2D eigenvalue weighted by Crippen LogP contribution is -2.27. The van der Waals surface area contributed by atoms with Crippen LogP contribution >= 0.6 is 35.6 Å². The highest BCUT2D eigenvalue weighted by Crippen LogP contribution is 2.33. The Morgan fingerprint density at radius 1 is 1.48 bits per heavy atom. The number of carbonyl (C=O) groups excluding carboxylic acids is 2. The fourth-order valence-electron chi connectivity index (χ4n) is 1.72. The zero-order chi connectivity index (χ0) is 15.4. The van der Waals surface area contributed by atoms with Crippen molar-refractivity contribution in [1.82, 2.24) is 4.90 Å². The van der Waals surface area contributed by atoms with Gasteiger partial charge in [-0.15, -0.1) is 0 Å². The Bertz CT molecular complexity index is 630. The first-order chi connectivity index (χ1) is 10.0. The normalized spacial score (nSPS) is 16.7. The lowest BCUT2D eigenvalue weighted by atomic mass is 10.2. The van der Waals surface area contributed by atoms with Crippen molar-refractivity contribution in [2.75, 3.05) is 6.61 Å². The molecule has 0 bridgehead atoms. The molecule has 1 saturated heterocycles. The van der Waals surface area contributed by atoms with E-state index >= 15 is 0 Å². The number of thiocarbonyl (C=S) groups is 1. The van der Waals surface area contributed by atoms with E-state index in [0.717, 1.165) is 17.3 Å². The van der Waals surface area contributed by atoms with Crippen LogP contribution in [-0.2, 0) is 20.9 Å². The second-order valence-electron chi connectivity index (χ2n) is 4.11. The molecule has 0 radical (unpaired) electrons. The summed E-state index contributed by atoms with van der Waals surface area (Å²) in [4.78, 5) is 25.4. The van der Waals surface area contributed by atoms with Gasteiger partial charge in [0, 0.05) is 11.1 Å². The SMILES string of the molecule is CCOC(=O)/C=C1/SC(=S)N(Cc2ccccc2Cl)C1=O. The third kappa shape index (κ3) is 3.84. The number of hydrogen-bond acceptors (Lipinski definition) is 5. The van der Waals surface area contributed by atoms with Gasteiger partial charge in [0.05, 0.1) is 18.1 Å². The quantitative estimate of drug-likeness (QED) is 0.478. The minimum atomic E-state index is -0.546. The molecule has 0 atom stereocenters. The van der Waals surface area contributed by atoms with Crippen LogP contribution in [0.2, 0.25) is 5.02 Å². The third-order valence-electron chi connectivity index (χ3n) is 2.70. The number of amides is 1. The largest absolute Gasteiger partial charge is 0.463 e. The Morgan fingerprint density at radius 2 is 2.19 bits per heavy atom. The Morgan fingerprint density at radius 3 is 2.86 bits per heavy atom. The van der Waals surface area contributed by atoms with Gasteiger partial charge in [-0.25, -0.2) is 4.79 Å². The number of halogens is 1. The number of rotatable bonds is 4. The Labute approximate surface area is 137 Å². The molecule has 0 aliphatic carbocycles. The van der Waals surface area contributed by atoms with Gasteiger partial charge in [0.1, 0.15) is 4.32 Å². The van der Waals surface area contributed by atoms with Crippen molar-refractivity contribution in [3.8, 4) is 0 Å². The molecule has 0 aromatic heterocycles. The summed E-state index contributed by atoms with van der Waals surface area (Å²) in [6, 6.07) is 7.24. The molecule has 4 nitrogen and oxygen atoms in total. The van der Waals surface area contributed by atoms with E-state index in [2.05, 4.69) is 0 Å². The molecule has 0 spiro atoms. The first kappa shape index (κ1) is 16.0. The number of carbonyl (C=O) groups is 2. The molecule has 1 amide bonds. The van der Waals surface area contributed by atoms with Crippen molar-refractivity contribution < 1.29 is 14.3 Å². The standard InChI is InChI=1S/C14H12ClNO3S2/c1-2-19-12(17)7-11-13(18)16(14(20)21-11)8-9-5-3-4-6-10(9)15/h3-7H,2,8H2,1H3/b11-7+. The fourth-order valence-corrected chi connectivity index (χ4v) is 3.13. The minimum absolute atomic E-state index is 0.259. The topological polar surface area (TPSA) is 46.6 Å². The van der Waals surface area contributed by atoms with E-state index in [0.29, 0.717) is 9.34 Å². The summed E-state index contributed by atoms with van der Waals surface area (Å²) in [5, 5.41) is 0.570. The van der Waals surface area contributed by atoms with Gasteiger partial charge in [-0.05, 0) is 18.6 Å². The minimum Gasteiger partial charge on any atom is -0.463 e. The van der Waals surface area contributed by atoms with Gasteiger partial charge in [0.25, 0.3) is 5.91 Å². The van der Waals surface area contributed by atoms with E-state index in [1.807, 2.05) is 18.2 Å². The summed E-state index contributed by atoms with van der Waals surface area (Å²) in [6.07, 6.45) is 1.18. The summed E-state index contributed by atoms with van der Waals surface area (Å²) in [5.74, 6) is -0.853. The van der Waals surface area contributed by atoms with Crippen molar-refractivity contribution in [2.45, 2.75) is 13.5 Å². The maximum absolute atomic E-state index is 12.3. The van der Waals surface area contributed by atoms with E-state index < -0.39 is 5.97 Å². The second-order valence-corrected chi connectivity index (χ2v) is 6.19. The first-order valence-corrected chi connectivity index (χ1v) is 7.78. The van der Waals surface area contributed by atoms with Crippen molar-refractivity contribution in [3.05, 3.63) is 45.8 Å². The molecular weight excluding hydrogens is 330 g/mol. The predicted octanol–water partition coefficient (Wildman–Crippen LogP) is 3.15. The lowest BCUT2D eigenvalue weighted by Gasteiger charge is -2.15. The van der Waals surface area contributed by atoms with Crippen molar-refractivity contribution >= 4 is 51.8 Å². The van der Waals surface area contributed by atoms with Crippen LogP contribution < -0.4 is 0 Å². The van der Waals surface area contributed by atoms with Gasteiger partial charge in [-0.1, -0.05) is 53.8 Å². The number of hydrogen-bond donors (Lipinski definition) is 0. The molecule has 1 heterocycles. The number of ether oxygens (including phenoxy) is 1. The maximum atomic E-state index is 12.3. The molecule has 0 unspecified atom stereocenters. The highest BCUT2D eigenvalue weighted by atomic mass is 35.5. The van der Waals surface area contributed by atoms with E-state index in [-0.39, 0.29) is 24.0 Å².